The van der Waals surface area contributed by atoms with Crippen molar-refractivity contribution in [3.8, 4) is 27.9 Å². The molecule has 0 radical (unpaired) electrons. The minimum atomic E-state index is -0.118. The molecule has 1 atom stereocenters. The fourth-order valence-electron chi connectivity index (χ4n) is 9.76. The van der Waals surface area contributed by atoms with Crippen molar-refractivity contribution >= 4 is 82.2 Å². The van der Waals surface area contributed by atoms with E-state index in [1.54, 1.807) is 0 Å². The Kier molecular flexibility index (Phi) is 5.92. The number of nitrogens with zero attached hydrogens (tertiary/aromatic N) is 3. The van der Waals surface area contributed by atoms with Gasteiger partial charge in [0.1, 0.15) is 6.17 Å². The van der Waals surface area contributed by atoms with Gasteiger partial charge in [-0.2, -0.15) is 0 Å². The summed E-state index contributed by atoms with van der Waals surface area (Å²) in [4.78, 5) is 5.41. The zero-order valence-corrected chi connectivity index (χ0v) is 30.2. The number of rotatable bonds is 3. The lowest BCUT2D eigenvalue weighted by atomic mass is 9.94. The first-order valence-corrected chi connectivity index (χ1v) is 19.3. The van der Waals surface area contributed by atoms with Gasteiger partial charge in [-0.25, -0.2) is 4.99 Å². The first kappa shape index (κ1) is 30.0. The van der Waals surface area contributed by atoms with Gasteiger partial charge in [-0.3, -0.25) is 0 Å². The normalized spacial score (nSPS) is 14.5. The maximum Gasteiger partial charge on any atom is 0.148 e. The Morgan fingerprint density at radius 2 is 1.16 bits per heavy atom. The smallest absolute Gasteiger partial charge is 0.148 e. The molecule has 56 heavy (non-hydrogen) atoms. The molecule has 2 aromatic heterocycles. The Labute approximate surface area is 322 Å². The summed E-state index contributed by atoms with van der Waals surface area (Å²) in [5, 5.41) is 13.9. The second kappa shape index (κ2) is 11.1. The lowest BCUT2D eigenvalue weighted by Gasteiger charge is -2.25. The molecule has 13 rings (SSSR count). The molecule has 4 heteroatoms. The van der Waals surface area contributed by atoms with E-state index in [9.17, 15) is 0 Å². The van der Waals surface area contributed by atoms with E-state index < -0.39 is 0 Å². The SMILES string of the molecule is c1ccc(-c2ccc3c4c5ccccc5c(-c5ccccc5)cc4n(-c4cc5c6c(c4)c4cc7ccccc7cc4n6C4Nc6ccccc6N=C54)c3c2)cc1. The second-order valence-electron chi connectivity index (χ2n) is 15.2. The average molecular weight is 713 g/mol. The van der Waals surface area contributed by atoms with Crippen molar-refractivity contribution in [1.29, 1.82) is 0 Å². The largest absolute Gasteiger partial charge is 0.358 e. The monoisotopic (exact) mass is 712 g/mol. The van der Waals surface area contributed by atoms with Crippen LogP contribution >= 0.6 is 0 Å². The Morgan fingerprint density at radius 3 is 2.00 bits per heavy atom. The van der Waals surface area contributed by atoms with Crippen LogP contribution in [0.5, 0.6) is 0 Å². The van der Waals surface area contributed by atoms with Crippen molar-refractivity contribution in [2.75, 3.05) is 5.32 Å². The molecule has 4 heterocycles. The molecule has 1 N–H and O–H groups in total. The Hall–Kier alpha value is -7.43. The van der Waals surface area contributed by atoms with Gasteiger partial charge >= 0.3 is 0 Å². The minimum absolute atomic E-state index is 0.118. The van der Waals surface area contributed by atoms with Crippen LogP contribution < -0.4 is 5.32 Å². The lowest BCUT2D eigenvalue weighted by Crippen LogP contribution is -2.25. The summed E-state index contributed by atoms with van der Waals surface area (Å²) in [7, 11) is 0. The van der Waals surface area contributed by atoms with Crippen LogP contribution in [0.4, 0.5) is 11.4 Å². The second-order valence-corrected chi connectivity index (χ2v) is 15.2. The molecule has 11 aromatic rings. The average Bonchev–Trinajstić information content (AvgIpc) is 3.88. The predicted octanol–water partition coefficient (Wildman–Crippen LogP) is 13.6. The van der Waals surface area contributed by atoms with Gasteiger partial charge in [0.25, 0.3) is 0 Å². The van der Waals surface area contributed by atoms with E-state index in [0.717, 1.165) is 22.8 Å². The van der Waals surface area contributed by atoms with Gasteiger partial charge in [0.05, 0.1) is 39.2 Å². The zero-order chi connectivity index (χ0) is 36.5. The molecule has 1 unspecified atom stereocenters. The standard InChI is InChI=1S/C52H32N4/c1-3-13-31(14-4-1)35-23-24-39-46(27-35)55(48-30-40(32-15-5-2-6-16-32)37-19-9-10-20-38(37)49(39)48)36-28-42-41-25-33-17-7-8-18-34(33)26-47(41)56-51(42)43(29-36)50-52(56)54-45-22-12-11-21-44(45)53-50/h1-30,52,54H. The quantitative estimate of drug-likeness (QED) is 0.194. The molecule has 9 aromatic carbocycles. The molecule has 0 saturated heterocycles. The van der Waals surface area contributed by atoms with Gasteiger partial charge in [-0.1, -0.05) is 133 Å². The number of anilines is 1. The molecule has 0 saturated carbocycles. The zero-order valence-electron chi connectivity index (χ0n) is 30.2. The predicted molar refractivity (Wildman–Crippen MR) is 235 cm³/mol. The molecule has 0 bridgehead atoms. The fraction of sp³-hybridized carbons (Fsp3) is 0.0192. The highest BCUT2D eigenvalue weighted by molar-refractivity contribution is 6.28. The van der Waals surface area contributed by atoms with Gasteiger partial charge < -0.3 is 14.5 Å². The van der Waals surface area contributed by atoms with Crippen LogP contribution in [-0.2, 0) is 0 Å². The number of aliphatic imine (C=N–C) groups is 1. The van der Waals surface area contributed by atoms with Crippen molar-refractivity contribution in [3.63, 3.8) is 0 Å². The molecule has 0 aliphatic carbocycles. The summed E-state index contributed by atoms with van der Waals surface area (Å²) in [6.07, 6.45) is -0.118. The van der Waals surface area contributed by atoms with Crippen molar-refractivity contribution in [2.45, 2.75) is 6.17 Å². The summed E-state index contributed by atoms with van der Waals surface area (Å²) in [5.74, 6) is 0. The Bertz CT molecular complexity index is 3500. The van der Waals surface area contributed by atoms with E-state index in [4.69, 9.17) is 4.99 Å². The molecule has 0 amide bonds. The number of hydrogen-bond acceptors (Lipinski definition) is 2. The van der Waals surface area contributed by atoms with Gasteiger partial charge in [0.15, 0.2) is 0 Å². The van der Waals surface area contributed by atoms with Crippen LogP contribution in [0.15, 0.2) is 187 Å². The van der Waals surface area contributed by atoms with E-state index in [1.165, 1.54) is 93.0 Å². The maximum absolute atomic E-state index is 5.41. The van der Waals surface area contributed by atoms with Gasteiger partial charge in [0.2, 0.25) is 0 Å². The van der Waals surface area contributed by atoms with Crippen LogP contribution in [0.25, 0.3) is 93.1 Å². The van der Waals surface area contributed by atoms with E-state index >= 15 is 0 Å². The van der Waals surface area contributed by atoms with Crippen LogP contribution in [0.3, 0.4) is 0 Å². The number of hydrogen-bond donors (Lipinski definition) is 1. The molecule has 4 nitrogen and oxygen atoms in total. The van der Waals surface area contributed by atoms with Crippen molar-refractivity contribution < 1.29 is 0 Å². The van der Waals surface area contributed by atoms with E-state index in [0.29, 0.717) is 0 Å². The summed E-state index contributed by atoms with van der Waals surface area (Å²) >= 11 is 0. The van der Waals surface area contributed by atoms with E-state index in [-0.39, 0.29) is 6.17 Å². The van der Waals surface area contributed by atoms with Crippen LogP contribution in [0.2, 0.25) is 0 Å². The highest BCUT2D eigenvalue weighted by atomic mass is 15.2. The molecular formula is C52H32N4. The first-order chi connectivity index (χ1) is 27.8. The maximum atomic E-state index is 5.41. The molecule has 260 valence electrons. The third-order valence-corrected chi connectivity index (χ3v) is 12.2. The number of nitrogens with one attached hydrogen (secondary N) is 1. The minimum Gasteiger partial charge on any atom is -0.358 e. The molecule has 0 spiro atoms. The molecule has 2 aliphatic heterocycles. The lowest BCUT2D eigenvalue weighted by molar-refractivity contribution is 0.779. The number of fused-ring (bicyclic) bond motifs is 13. The van der Waals surface area contributed by atoms with Gasteiger partial charge in [-0.15, -0.1) is 0 Å². The number of benzene rings is 9. The van der Waals surface area contributed by atoms with Crippen LogP contribution in [-0.4, -0.2) is 14.8 Å². The molecule has 2 aliphatic rings. The third kappa shape index (κ3) is 4.05. The van der Waals surface area contributed by atoms with Crippen LogP contribution in [0.1, 0.15) is 11.7 Å². The number of para-hydroxylation sites is 2. The topological polar surface area (TPSA) is 34.2 Å². The van der Waals surface area contributed by atoms with Crippen LogP contribution in [0, 0.1) is 0 Å². The van der Waals surface area contributed by atoms with Crippen molar-refractivity contribution in [1.82, 2.24) is 9.13 Å². The van der Waals surface area contributed by atoms with E-state index in [1.807, 2.05) is 0 Å². The van der Waals surface area contributed by atoms with Crippen molar-refractivity contribution in [3.05, 3.63) is 188 Å². The Morgan fingerprint density at radius 1 is 0.446 bits per heavy atom. The van der Waals surface area contributed by atoms with Gasteiger partial charge in [-0.05, 0) is 92.3 Å². The highest BCUT2D eigenvalue weighted by Gasteiger charge is 2.37. The number of aromatic nitrogens is 2. The third-order valence-electron chi connectivity index (χ3n) is 12.2. The van der Waals surface area contributed by atoms with Crippen molar-refractivity contribution in [2.24, 2.45) is 4.99 Å². The first-order valence-electron chi connectivity index (χ1n) is 19.3. The molecule has 0 fully saturated rings. The fourth-order valence-corrected chi connectivity index (χ4v) is 9.76. The summed E-state index contributed by atoms with van der Waals surface area (Å²) in [6.45, 7) is 0. The summed E-state index contributed by atoms with van der Waals surface area (Å²) < 4.78 is 5.01. The highest BCUT2D eigenvalue weighted by Crippen LogP contribution is 2.49. The Balaban J connectivity index is 1.20. The van der Waals surface area contributed by atoms with E-state index in [2.05, 4.69) is 196 Å². The summed E-state index contributed by atoms with van der Waals surface area (Å²) in [5.41, 5.74) is 15.0. The van der Waals surface area contributed by atoms with Gasteiger partial charge in [0, 0.05) is 32.8 Å². The molecular weight excluding hydrogens is 681 g/mol. The summed E-state index contributed by atoms with van der Waals surface area (Å²) in [6, 6.07) is 66.6.